The molecule has 2 aliphatic carbocycles. The Balaban J connectivity index is 1.13. The van der Waals surface area contributed by atoms with Gasteiger partial charge in [-0.2, -0.15) is 0 Å². The summed E-state index contributed by atoms with van der Waals surface area (Å²) in [6.45, 7) is 3.38. The van der Waals surface area contributed by atoms with Crippen LogP contribution >= 0.6 is 0 Å². The smallest absolute Gasteiger partial charge is 0.363 e. The van der Waals surface area contributed by atoms with Gasteiger partial charge < -0.3 is 15.0 Å². The number of amides is 2. The van der Waals surface area contributed by atoms with Crippen molar-refractivity contribution in [3.63, 3.8) is 0 Å². The number of hydrogen-bond acceptors (Lipinski definition) is 8. The Kier molecular flexibility index (Phi) is 4.70. The summed E-state index contributed by atoms with van der Waals surface area (Å²) in [7, 11) is 1.76. The predicted octanol–water partition coefficient (Wildman–Crippen LogP) is 1.23. The molecule has 1 N–H and O–H groups in total. The molecule has 7 rings (SSSR count). The summed E-state index contributed by atoms with van der Waals surface area (Å²) >= 11 is 0. The van der Waals surface area contributed by atoms with Crippen LogP contribution in [0.25, 0.3) is 11.0 Å². The summed E-state index contributed by atoms with van der Waals surface area (Å²) in [5.41, 5.74) is 3.51. The van der Waals surface area contributed by atoms with Gasteiger partial charge in [-0.3, -0.25) is 28.9 Å². The molecule has 12 nitrogen and oxygen atoms in total. The summed E-state index contributed by atoms with van der Waals surface area (Å²) in [4.78, 5) is 56.7. The van der Waals surface area contributed by atoms with Crippen molar-refractivity contribution in [1.29, 1.82) is 0 Å². The van der Waals surface area contributed by atoms with Gasteiger partial charge in [0, 0.05) is 56.7 Å². The van der Waals surface area contributed by atoms with Gasteiger partial charge in [0.05, 0.1) is 16.7 Å². The molecule has 0 spiro atoms. The van der Waals surface area contributed by atoms with E-state index in [1.807, 2.05) is 12.1 Å². The van der Waals surface area contributed by atoms with Crippen molar-refractivity contribution >= 4 is 34.4 Å². The molecular weight excluding hydrogens is 490 g/mol. The molecule has 4 aliphatic rings. The van der Waals surface area contributed by atoms with Gasteiger partial charge in [-0.1, -0.05) is 12.1 Å². The van der Waals surface area contributed by atoms with Crippen molar-refractivity contribution in [3.8, 4) is 0 Å². The van der Waals surface area contributed by atoms with Crippen LogP contribution in [0.15, 0.2) is 41.3 Å². The van der Waals surface area contributed by atoms with Gasteiger partial charge in [-0.25, -0.2) is 4.79 Å². The Morgan fingerprint density at radius 3 is 2.50 bits per heavy atom. The first kappa shape index (κ1) is 23.1. The SMILES string of the molecule is Cn1c(=O)n(C2CCC(=O)NC2=O)c2cccc(C34CC3(N3CCN(c5ccc([N+](=O)[O-])nc5)CC3)C4)c21. The Morgan fingerprint density at radius 1 is 1.08 bits per heavy atom. The molecule has 4 heterocycles. The van der Waals surface area contributed by atoms with Crippen LogP contribution in [-0.4, -0.2) is 67.5 Å². The molecule has 2 amide bonds. The Morgan fingerprint density at radius 2 is 1.84 bits per heavy atom. The van der Waals surface area contributed by atoms with Crippen molar-refractivity contribution < 1.29 is 14.5 Å². The lowest BCUT2D eigenvalue weighted by molar-refractivity contribution is -0.389. The molecule has 2 saturated carbocycles. The largest absolute Gasteiger partial charge is 0.366 e. The first-order chi connectivity index (χ1) is 18.3. The minimum atomic E-state index is -0.693. The highest BCUT2D eigenvalue weighted by molar-refractivity contribution is 6.00. The maximum atomic E-state index is 13.3. The first-order valence-electron chi connectivity index (χ1n) is 12.9. The molecule has 12 heteroatoms. The van der Waals surface area contributed by atoms with Crippen molar-refractivity contribution in [2.75, 3.05) is 31.1 Å². The van der Waals surface area contributed by atoms with E-state index < -0.39 is 16.9 Å². The maximum absolute atomic E-state index is 13.3. The third-order valence-corrected chi connectivity index (χ3v) is 9.14. The second-order valence-corrected chi connectivity index (χ2v) is 10.9. The number of carbonyl (C=O) groups excluding carboxylic acids is 2. The summed E-state index contributed by atoms with van der Waals surface area (Å²) in [5.74, 6) is -0.875. The highest BCUT2D eigenvalue weighted by Crippen LogP contribution is 2.82. The summed E-state index contributed by atoms with van der Waals surface area (Å²) < 4.78 is 3.21. The van der Waals surface area contributed by atoms with Gasteiger partial charge >= 0.3 is 11.5 Å². The zero-order valence-corrected chi connectivity index (χ0v) is 20.9. The molecule has 38 heavy (non-hydrogen) atoms. The number of rotatable bonds is 5. The van der Waals surface area contributed by atoms with E-state index in [1.54, 1.807) is 28.4 Å². The van der Waals surface area contributed by atoms with E-state index in [-0.39, 0.29) is 34.8 Å². The second kappa shape index (κ2) is 7.73. The van der Waals surface area contributed by atoms with Gasteiger partial charge in [0.2, 0.25) is 11.8 Å². The zero-order chi connectivity index (χ0) is 26.4. The van der Waals surface area contributed by atoms with Crippen LogP contribution in [0.2, 0.25) is 0 Å². The number of nitro groups is 1. The number of carbonyl (C=O) groups is 2. The lowest BCUT2D eigenvalue weighted by atomic mass is 10.0. The number of para-hydroxylation sites is 1. The number of piperidine rings is 1. The van der Waals surface area contributed by atoms with Crippen LogP contribution in [0, 0.1) is 10.1 Å². The van der Waals surface area contributed by atoms with Gasteiger partial charge in [-0.05, 0) is 46.9 Å². The highest BCUT2D eigenvalue weighted by atomic mass is 16.6. The first-order valence-corrected chi connectivity index (χ1v) is 12.9. The number of aromatic nitrogens is 3. The molecule has 1 atom stereocenters. The molecular formula is C26H27N7O5. The van der Waals surface area contributed by atoms with E-state index in [4.69, 9.17) is 0 Å². The lowest BCUT2D eigenvalue weighted by Crippen LogP contribution is -2.49. The van der Waals surface area contributed by atoms with Crippen LogP contribution in [0.4, 0.5) is 11.5 Å². The molecule has 2 saturated heterocycles. The van der Waals surface area contributed by atoms with E-state index in [0.717, 1.165) is 61.3 Å². The maximum Gasteiger partial charge on any atom is 0.363 e. The lowest BCUT2D eigenvalue weighted by Gasteiger charge is -2.37. The fraction of sp³-hybridized carbons (Fsp3) is 0.462. The normalized spacial score (nSPS) is 28.8. The van der Waals surface area contributed by atoms with Crippen molar-refractivity contribution in [1.82, 2.24) is 24.3 Å². The average Bonchev–Trinajstić information content (AvgIpc) is 3.75. The summed E-state index contributed by atoms with van der Waals surface area (Å²) in [6.07, 6.45) is 4.18. The minimum absolute atomic E-state index is 0.00473. The Hall–Kier alpha value is -4.06. The monoisotopic (exact) mass is 517 g/mol. The Labute approximate surface area is 217 Å². The summed E-state index contributed by atoms with van der Waals surface area (Å²) in [5, 5.41) is 13.3. The molecule has 0 radical (unpaired) electrons. The highest BCUT2D eigenvalue weighted by Gasteiger charge is 2.86. The van der Waals surface area contributed by atoms with Crippen LogP contribution in [0.5, 0.6) is 0 Å². The fourth-order valence-corrected chi connectivity index (χ4v) is 6.95. The molecule has 0 bridgehead atoms. The number of pyridine rings is 1. The van der Waals surface area contributed by atoms with E-state index in [1.165, 1.54) is 6.07 Å². The van der Waals surface area contributed by atoms with Crippen molar-refractivity contribution in [2.45, 2.75) is 42.7 Å². The number of aryl methyl sites for hydroxylation is 1. The molecule has 3 aromatic rings. The topological polar surface area (TPSA) is 136 Å². The number of imidazole rings is 1. The molecule has 2 aromatic heterocycles. The quantitative estimate of drug-likeness (QED) is 0.303. The van der Waals surface area contributed by atoms with Crippen LogP contribution < -0.4 is 15.9 Å². The number of imide groups is 1. The predicted molar refractivity (Wildman–Crippen MR) is 137 cm³/mol. The zero-order valence-electron chi connectivity index (χ0n) is 20.9. The van der Waals surface area contributed by atoms with Crippen molar-refractivity contribution in [3.05, 3.63) is 62.7 Å². The van der Waals surface area contributed by atoms with Crippen molar-refractivity contribution in [2.24, 2.45) is 7.05 Å². The number of benzene rings is 1. The number of nitrogens with one attached hydrogen (secondary N) is 1. The Bertz CT molecular complexity index is 1580. The molecule has 196 valence electrons. The van der Waals surface area contributed by atoms with Crippen LogP contribution in [-0.2, 0) is 22.1 Å². The van der Waals surface area contributed by atoms with Gasteiger partial charge in [0.1, 0.15) is 6.04 Å². The van der Waals surface area contributed by atoms with E-state index >= 15 is 0 Å². The van der Waals surface area contributed by atoms with E-state index in [0.29, 0.717) is 6.42 Å². The van der Waals surface area contributed by atoms with Crippen LogP contribution in [0.3, 0.4) is 0 Å². The number of piperazine rings is 1. The number of fused-ring (bicyclic) bond motifs is 2. The molecule has 4 fully saturated rings. The van der Waals surface area contributed by atoms with E-state index in [9.17, 15) is 24.5 Å². The van der Waals surface area contributed by atoms with E-state index in [2.05, 4.69) is 26.2 Å². The minimum Gasteiger partial charge on any atom is -0.366 e. The number of hydrogen-bond donors (Lipinski definition) is 1. The van der Waals surface area contributed by atoms with Gasteiger partial charge in [-0.15, -0.1) is 0 Å². The molecule has 2 aliphatic heterocycles. The fourth-order valence-electron chi connectivity index (χ4n) is 6.95. The van der Waals surface area contributed by atoms with Gasteiger partial charge in [0.25, 0.3) is 0 Å². The van der Waals surface area contributed by atoms with Crippen LogP contribution in [0.1, 0.15) is 37.3 Å². The standard InChI is InChI=1S/C26H27N7O5/c1-29-22-17(3-2-4-18(22)32(24(29)36)19-6-8-21(34)28-23(19)35)25-14-26(25,15-25)31-11-9-30(10-12-31)16-5-7-20(27-13-16)33(37)38/h2-5,7,13,19H,6,8-12,14-15H2,1H3,(H,28,34,35). The third-order valence-electron chi connectivity index (χ3n) is 9.14. The molecule has 1 aromatic carbocycles. The van der Waals surface area contributed by atoms with Gasteiger partial charge in [0.15, 0.2) is 6.20 Å². The number of anilines is 1. The molecule has 1 unspecified atom stereocenters. The second-order valence-electron chi connectivity index (χ2n) is 10.9. The number of nitrogens with zero attached hydrogens (tertiary/aromatic N) is 6. The third kappa shape index (κ3) is 3.06. The average molecular weight is 518 g/mol. The summed E-state index contributed by atoms with van der Waals surface area (Å²) in [6, 6.07) is 8.48.